The van der Waals surface area contributed by atoms with Gasteiger partial charge < -0.3 is 0 Å². The van der Waals surface area contributed by atoms with E-state index in [4.69, 9.17) is 0 Å². The molecule has 0 aliphatic heterocycles. The second-order valence-corrected chi connectivity index (χ2v) is 7.48. The molecule has 4 rings (SSSR count). The average Bonchev–Trinajstić information content (AvgIpc) is 2.79. The molecule has 1 heteroatoms. The maximum atomic E-state index is 11.6. The van der Waals surface area contributed by atoms with Crippen LogP contribution in [0.2, 0.25) is 0 Å². The van der Waals surface area contributed by atoms with Crippen molar-refractivity contribution < 1.29 is 4.79 Å². The van der Waals surface area contributed by atoms with Crippen LogP contribution in [0, 0.1) is 23.2 Å². The van der Waals surface area contributed by atoms with E-state index in [0.717, 1.165) is 24.7 Å². The van der Waals surface area contributed by atoms with E-state index in [1.807, 2.05) is 6.08 Å². The highest BCUT2D eigenvalue weighted by molar-refractivity contribution is 5.91. The lowest BCUT2D eigenvalue weighted by Crippen LogP contribution is -2.38. The van der Waals surface area contributed by atoms with Gasteiger partial charge in [-0.15, -0.1) is 0 Å². The van der Waals surface area contributed by atoms with Gasteiger partial charge in [0.1, 0.15) is 0 Å². The molecular weight excluding hydrogens is 232 g/mol. The predicted molar refractivity (Wildman–Crippen MR) is 76.7 cm³/mol. The number of hydrogen-bond donors (Lipinski definition) is 0. The van der Waals surface area contributed by atoms with Gasteiger partial charge in [-0.25, -0.2) is 0 Å². The molecule has 2 saturated carbocycles. The Morgan fingerprint density at radius 2 is 2.11 bits per heavy atom. The highest BCUT2D eigenvalue weighted by Gasteiger charge is 2.48. The summed E-state index contributed by atoms with van der Waals surface area (Å²) in [6, 6.07) is 0. The summed E-state index contributed by atoms with van der Waals surface area (Å²) in [5.74, 6) is 2.79. The first-order valence-electron chi connectivity index (χ1n) is 8.11. The fourth-order valence-electron chi connectivity index (χ4n) is 5.50. The molecule has 19 heavy (non-hydrogen) atoms. The van der Waals surface area contributed by atoms with Gasteiger partial charge in [0.2, 0.25) is 0 Å². The molecule has 4 atom stereocenters. The Kier molecular flexibility index (Phi) is 2.56. The third kappa shape index (κ3) is 1.70. The van der Waals surface area contributed by atoms with Gasteiger partial charge in [0, 0.05) is 12.3 Å². The maximum Gasteiger partial charge on any atom is 0.155 e. The Morgan fingerprint density at radius 1 is 1.21 bits per heavy atom. The average molecular weight is 256 g/mol. The molecule has 1 nitrogen and oxygen atoms in total. The second kappa shape index (κ2) is 4.07. The molecule has 0 N–H and O–H groups in total. The molecular formula is C18H24O. The van der Waals surface area contributed by atoms with Gasteiger partial charge in [-0.1, -0.05) is 30.6 Å². The number of rotatable bonds is 0. The van der Waals surface area contributed by atoms with E-state index in [1.54, 1.807) is 5.57 Å². The molecule has 0 saturated heterocycles. The van der Waals surface area contributed by atoms with E-state index in [-0.39, 0.29) is 0 Å². The fraction of sp³-hybridized carbons (Fsp3) is 0.722. The van der Waals surface area contributed by atoms with E-state index in [1.165, 1.54) is 44.1 Å². The standard InChI is InChI=1S/C18H24O/c1-18-9-2-3-17(18)16-6-4-12-11-13(19)5-7-14(12)15(16)8-10-18/h8,11,14,16-17H,2-7,9-10H2,1H3/t14-,16+,17-,18-/m0/s1. The summed E-state index contributed by atoms with van der Waals surface area (Å²) in [6.07, 6.45) is 14.5. The van der Waals surface area contributed by atoms with Crippen molar-refractivity contribution in [1.29, 1.82) is 0 Å². The molecule has 0 amide bonds. The Morgan fingerprint density at radius 3 is 3.00 bits per heavy atom. The molecule has 0 radical (unpaired) electrons. The Hall–Kier alpha value is -0.850. The summed E-state index contributed by atoms with van der Waals surface area (Å²) in [6.45, 7) is 2.52. The molecule has 0 bridgehead atoms. The summed E-state index contributed by atoms with van der Waals surface area (Å²) in [7, 11) is 0. The quantitative estimate of drug-likeness (QED) is 0.586. The zero-order valence-electron chi connectivity index (χ0n) is 12.0. The van der Waals surface area contributed by atoms with Gasteiger partial charge in [0.05, 0.1) is 0 Å². The summed E-state index contributed by atoms with van der Waals surface area (Å²) in [5, 5.41) is 0. The SMILES string of the molecule is C[C@]12CC=C3[C@H]4CCC(=O)C=C4CC[C@H]3[C@@H]1CCC2. The van der Waals surface area contributed by atoms with Crippen LogP contribution in [-0.2, 0) is 4.79 Å². The molecule has 0 heterocycles. The highest BCUT2D eigenvalue weighted by atomic mass is 16.1. The van der Waals surface area contributed by atoms with Crippen LogP contribution in [0.25, 0.3) is 0 Å². The first-order valence-corrected chi connectivity index (χ1v) is 8.11. The smallest absolute Gasteiger partial charge is 0.155 e. The van der Waals surface area contributed by atoms with Crippen LogP contribution < -0.4 is 0 Å². The molecule has 0 spiro atoms. The predicted octanol–water partition coefficient (Wildman–Crippen LogP) is 4.44. The van der Waals surface area contributed by atoms with Crippen molar-refractivity contribution in [2.24, 2.45) is 23.2 Å². The van der Waals surface area contributed by atoms with Crippen molar-refractivity contribution in [2.45, 2.75) is 58.3 Å². The number of ketones is 1. The van der Waals surface area contributed by atoms with Gasteiger partial charge in [-0.05, 0) is 61.9 Å². The minimum Gasteiger partial charge on any atom is -0.295 e. The van der Waals surface area contributed by atoms with Crippen molar-refractivity contribution in [2.75, 3.05) is 0 Å². The zero-order valence-corrected chi connectivity index (χ0v) is 12.0. The summed E-state index contributed by atoms with van der Waals surface area (Å²) in [5.41, 5.74) is 3.79. The number of hydrogen-bond acceptors (Lipinski definition) is 1. The minimum absolute atomic E-state index is 0.367. The van der Waals surface area contributed by atoms with Crippen LogP contribution in [0.5, 0.6) is 0 Å². The molecule has 0 unspecified atom stereocenters. The van der Waals surface area contributed by atoms with E-state index in [2.05, 4.69) is 13.0 Å². The van der Waals surface area contributed by atoms with Crippen LogP contribution in [0.1, 0.15) is 58.3 Å². The summed E-state index contributed by atoms with van der Waals surface area (Å²) < 4.78 is 0. The van der Waals surface area contributed by atoms with Gasteiger partial charge in [0.15, 0.2) is 5.78 Å². The van der Waals surface area contributed by atoms with E-state index < -0.39 is 0 Å². The summed E-state index contributed by atoms with van der Waals surface area (Å²) in [4.78, 5) is 11.6. The molecule has 0 aromatic carbocycles. The van der Waals surface area contributed by atoms with Gasteiger partial charge in [-0.3, -0.25) is 4.79 Å². The Balaban J connectivity index is 1.70. The van der Waals surface area contributed by atoms with Crippen molar-refractivity contribution in [3.63, 3.8) is 0 Å². The number of fused-ring (bicyclic) bond motifs is 5. The third-order valence-corrected chi connectivity index (χ3v) is 6.50. The van der Waals surface area contributed by atoms with Crippen molar-refractivity contribution in [3.05, 3.63) is 23.3 Å². The van der Waals surface area contributed by atoms with Crippen LogP contribution >= 0.6 is 0 Å². The first-order chi connectivity index (χ1) is 9.17. The van der Waals surface area contributed by atoms with Crippen molar-refractivity contribution >= 4 is 5.78 Å². The largest absolute Gasteiger partial charge is 0.295 e. The van der Waals surface area contributed by atoms with E-state index in [9.17, 15) is 4.79 Å². The number of carbonyl (C=O) groups is 1. The lowest BCUT2D eigenvalue weighted by Gasteiger charge is -2.48. The van der Waals surface area contributed by atoms with Crippen LogP contribution in [-0.4, -0.2) is 5.78 Å². The van der Waals surface area contributed by atoms with Crippen molar-refractivity contribution in [3.8, 4) is 0 Å². The maximum absolute atomic E-state index is 11.6. The van der Waals surface area contributed by atoms with Gasteiger partial charge in [-0.2, -0.15) is 0 Å². The molecule has 4 aliphatic carbocycles. The lowest BCUT2D eigenvalue weighted by molar-refractivity contribution is -0.115. The van der Waals surface area contributed by atoms with Crippen LogP contribution in [0.15, 0.2) is 23.3 Å². The molecule has 0 aromatic rings. The number of carbonyl (C=O) groups excluding carboxylic acids is 1. The van der Waals surface area contributed by atoms with Crippen LogP contribution in [0.3, 0.4) is 0 Å². The monoisotopic (exact) mass is 256 g/mol. The van der Waals surface area contributed by atoms with E-state index >= 15 is 0 Å². The van der Waals surface area contributed by atoms with Crippen molar-refractivity contribution in [1.82, 2.24) is 0 Å². The molecule has 0 aromatic heterocycles. The topological polar surface area (TPSA) is 17.1 Å². The second-order valence-electron chi connectivity index (χ2n) is 7.48. The van der Waals surface area contributed by atoms with E-state index in [0.29, 0.717) is 17.1 Å². The first kappa shape index (κ1) is 11.9. The van der Waals surface area contributed by atoms with Gasteiger partial charge in [0.25, 0.3) is 0 Å². The lowest BCUT2D eigenvalue weighted by atomic mass is 9.57. The highest BCUT2D eigenvalue weighted by Crippen LogP contribution is 2.59. The Bertz CT molecular complexity index is 484. The molecule has 2 fully saturated rings. The minimum atomic E-state index is 0.367. The zero-order chi connectivity index (χ0) is 13.0. The third-order valence-electron chi connectivity index (χ3n) is 6.50. The normalized spacial score (nSPS) is 44.9. The summed E-state index contributed by atoms with van der Waals surface area (Å²) >= 11 is 0. The number of allylic oxidation sites excluding steroid dienone is 4. The van der Waals surface area contributed by atoms with Crippen LogP contribution in [0.4, 0.5) is 0 Å². The molecule has 102 valence electrons. The molecule has 4 aliphatic rings. The Labute approximate surface area is 116 Å². The fourth-order valence-corrected chi connectivity index (χ4v) is 5.50. The van der Waals surface area contributed by atoms with Gasteiger partial charge >= 0.3 is 0 Å².